The maximum atomic E-state index is 12.3. The molecule has 2 aromatic rings. The molecule has 0 atom stereocenters. The van der Waals surface area contributed by atoms with Gasteiger partial charge in [-0.15, -0.1) is 0 Å². The Balaban J connectivity index is 2.03. The van der Waals surface area contributed by atoms with Crippen LogP contribution in [0.2, 0.25) is 0 Å². The summed E-state index contributed by atoms with van der Waals surface area (Å²) in [5.41, 5.74) is 1.74. The van der Waals surface area contributed by atoms with Gasteiger partial charge in [-0.05, 0) is 24.6 Å². The number of carbonyl (C=O) groups excluding carboxylic acids is 1. The maximum Gasteiger partial charge on any atom is 0.321 e. The van der Waals surface area contributed by atoms with Crippen LogP contribution in [0.1, 0.15) is 12.5 Å². The molecule has 2 rings (SSSR count). The molecule has 2 amide bonds. The number of nitrogens with zero attached hydrogens (tertiary/aromatic N) is 1. The van der Waals surface area contributed by atoms with Crippen molar-refractivity contribution in [2.75, 3.05) is 26.1 Å². The zero-order valence-electron chi connectivity index (χ0n) is 13.7. The van der Waals surface area contributed by atoms with Crippen molar-refractivity contribution in [1.29, 1.82) is 0 Å². The lowest BCUT2D eigenvalue weighted by Gasteiger charge is -2.19. The number of hydrogen-bond acceptors (Lipinski definition) is 3. The summed E-state index contributed by atoms with van der Waals surface area (Å²) in [7, 11) is 3.35. The molecule has 0 spiro atoms. The van der Waals surface area contributed by atoms with E-state index < -0.39 is 0 Å². The van der Waals surface area contributed by atoms with E-state index in [9.17, 15) is 4.79 Å². The minimum absolute atomic E-state index is 0.179. The van der Waals surface area contributed by atoms with Gasteiger partial charge in [-0.3, -0.25) is 0 Å². The Morgan fingerprint density at radius 2 is 1.87 bits per heavy atom. The Morgan fingerprint density at radius 1 is 1.13 bits per heavy atom. The molecule has 0 aliphatic carbocycles. The van der Waals surface area contributed by atoms with E-state index >= 15 is 0 Å². The number of anilines is 1. The van der Waals surface area contributed by atoms with Gasteiger partial charge in [0.05, 0.1) is 13.7 Å². The molecule has 0 unspecified atom stereocenters. The van der Waals surface area contributed by atoms with Crippen LogP contribution in [0.5, 0.6) is 11.5 Å². The number of hydrogen-bond donors (Lipinski definition) is 1. The van der Waals surface area contributed by atoms with Gasteiger partial charge in [0.25, 0.3) is 0 Å². The van der Waals surface area contributed by atoms with Gasteiger partial charge in [0.1, 0.15) is 0 Å². The molecule has 2 aromatic carbocycles. The molecule has 0 bridgehead atoms. The fourth-order valence-electron chi connectivity index (χ4n) is 2.17. The molecule has 122 valence electrons. The van der Waals surface area contributed by atoms with Crippen molar-refractivity contribution in [2.24, 2.45) is 0 Å². The summed E-state index contributed by atoms with van der Waals surface area (Å²) in [5.74, 6) is 1.25. The van der Waals surface area contributed by atoms with E-state index in [2.05, 4.69) is 5.32 Å². The van der Waals surface area contributed by atoms with Crippen molar-refractivity contribution in [3.8, 4) is 11.5 Å². The third kappa shape index (κ3) is 4.64. The number of urea groups is 1. The molecule has 0 saturated carbocycles. The molecule has 5 nitrogen and oxygen atoms in total. The van der Waals surface area contributed by atoms with Crippen LogP contribution in [-0.2, 0) is 6.54 Å². The summed E-state index contributed by atoms with van der Waals surface area (Å²) in [6.45, 7) is 2.97. The number of carbonyl (C=O) groups is 1. The Labute approximate surface area is 136 Å². The molecule has 1 N–H and O–H groups in total. The van der Waals surface area contributed by atoms with Crippen LogP contribution in [0.15, 0.2) is 48.5 Å². The first-order chi connectivity index (χ1) is 11.1. The summed E-state index contributed by atoms with van der Waals surface area (Å²) in [6, 6.07) is 15.0. The summed E-state index contributed by atoms with van der Waals surface area (Å²) in [4.78, 5) is 13.9. The molecule has 0 fully saturated rings. The van der Waals surface area contributed by atoms with Crippen LogP contribution in [0.3, 0.4) is 0 Å². The predicted molar refractivity (Wildman–Crippen MR) is 91.1 cm³/mol. The van der Waals surface area contributed by atoms with Crippen LogP contribution in [0.4, 0.5) is 10.5 Å². The second kappa shape index (κ2) is 8.08. The van der Waals surface area contributed by atoms with Crippen LogP contribution in [-0.4, -0.2) is 31.7 Å². The molecule has 0 radical (unpaired) electrons. The molecule has 5 heteroatoms. The number of nitrogens with one attached hydrogen (secondary N) is 1. The number of rotatable bonds is 6. The van der Waals surface area contributed by atoms with E-state index in [-0.39, 0.29) is 6.03 Å². The molecular weight excluding hydrogens is 292 g/mol. The van der Waals surface area contributed by atoms with Crippen molar-refractivity contribution >= 4 is 11.7 Å². The lowest BCUT2D eigenvalue weighted by Crippen LogP contribution is -2.30. The monoisotopic (exact) mass is 314 g/mol. The summed E-state index contributed by atoms with van der Waals surface area (Å²) in [5, 5.41) is 2.86. The Hall–Kier alpha value is -2.69. The zero-order chi connectivity index (χ0) is 16.7. The van der Waals surface area contributed by atoms with Crippen LogP contribution in [0, 0.1) is 0 Å². The van der Waals surface area contributed by atoms with Crippen molar-refractivity contribution in [1.82, 2.24) is 4.90 Å². The molecule has 0 saturated heterocycles. The van der Waals surface area contributed by atoms with Crippen molar-refractivity contribution in [3.05, 3.63) is 54.1 Å². The predicted octanol–water partition coefficient (Wildman–Crippen LogP) is 3.76. The quantitative estimate of drug-likeness (QED) is 0.883. The van der Waals surface area contributed by atoms with Crippen molar-refractivity contribution < 1.29 is 14.3 Å². The number of amides is 2. The van der Waals surface area contributed by atoms with E-state index in [0.29, 0.717) is 30.3 Å². The Kier molecular flexibility index (Phi) is 5.86. The molecule has 0 aliphatic rings. The van der Waals surface area contributed by atoms with Crippen LogP contribution >= 0.6 is 0 Å². The first kappa shape index (κ1) is 16.7. The second-order valence-corrected chi connectivity index (χ2v) is 5.07. The Morgan fingerprint density at radius 3 is 2.52 bits per heavy atom. The standard InChI is InChI=1S/C18H22N2O3/c1-4-23-17-12-15(10-11-16(17)22-3)19-18(21)20(2)13-14-8-6-5-7-9-14/h5-12H,4,13H2,1-3H3,(H,19,21). The highest BCUT2D eigenvalue weighted by molar-refractivity contribution is 5.89. The molecular formula is C18H22N2O3. The number of ether oxygens (including phenoxy) is 2. The molecule has 0 aliphatic heterocycles. The van der Waals surface area contributed by atoms with Gasteiger partial charge in [-0.2, -0.15) is 0 Å². The number of benzene rings is 2. The second-order valence-electron chi connectivity index (χ2n) is 5.07. The van der Waals surface area contributed by atoms with Gasteiger partial charge >= 0.3 is 6.03 Å². The largest absolute Gasteiger partial charge is 0.493 e. The summed E-state index contributed by atoms with van der Waals surface area (Å²) >= 11 is 0. The fraction of sp³-hybridized carbons (Fsp3) is 0.278. The molecule has 0 heterocycles. The molecule has 0 aromatic heterocycles. The maximum absolute atomic E-state index is 12.3. The topological polar surface area (TPSA) is 50.8 Å². The van der Waals surface area contributed by atoms with Gasteiger partial charge in [0, 0.05) is 25.3 Å². The van der Waals surface area contributed by atoms with Crippen molar-refractivity contribution in [3.63, 3.8) is 0 Å². The highest BCUT2D eigenvalue weighted by Crippen LogP contribution is 2.30. The zero-order valence-corrected chi connectivity index (χ0v) is 13.7. The van der Waals surface area contributed by atoms with E-state index in [1.807, 2.05) is 37.3 Å². The molecule has 23 heavy (non-hydrogen) atoms. The van der Waals surface area contributed by atoms with E-state index in [0.717, 1.165) is 5.56 Å². The lowest BCUT2D eigenvalue weighted by molar-refractivity contribution is 0.220. The summed E-state index contributed by atoms with van der Waals surface area (Å²) < 4.78 is 10.8. The SMILES string of the molecule is CCOc1cc(NC(=O)N(C)Cc2ccccc2)ccc1OC. The average Bonchev–Trinajstić information content (AvgIpc) is 2.56. The van der Waals surface area contributed by atoms with Crippen LogP contribution in [0.25, 0.3) is 0 Å². The minimum Gasteiger partial charge on any atom is -0.493 e. The van der Waals surface area contributed by atoms with E-state index in [4.69, 9.17) is 9.47 Å². The average molecular weight is 314 g/mol. The Bertz CT molecular complexity index is 644. The van der Waals surface area contributed by atoms with Gasteiger partial charge in [-0.25, -0.2) is 4.79 Å². The highest BCUT2D eigenvalue weighted by atomic mass is 16.5. The third-order valence-corrected chi connectivity index (χ3v) is 3.32. The smallest absolute Gasteiger partial charge is 0.321 e. The lowest BCUT2D eigenvalue weighted by atomic mass is 10.2. The normalized spacial score (nSPS) is 10.0. The first-order valence-corrected chi connectivity index (χ1v) is 7.51. The van der Waals surface area contributed by atoms with E-state index in [1.54, 1.807) is 37.3 Å². The van der Waals surface area contributed by atoms with Gasteiger partial charge in [0.2, 0.25) is 0 Å². The van der Waals surface area contributed by atoms with Gasteiger partial charge in [-0.1, -0.05) is 30.3 Å². The minimum atomic E-state index is -0.179. The van der Waals surface area contributed by atoms with Gasteiger partial charge in [0.15, 0.2) is 11.5 Å². The number of methoxy groups -OCH3 is 1. The van der Waals surface area contributed by atoms with E-state index in [1.165, 1.54) is 0 Å². The summed E-state index contributed by atoms with van der Waals surface area (Å²) in [6.07, 6.45) is 0. The first-order valence-electron chi connectivity index (χ1n) is 7.51. The van der Waals surface area contributed by atoms with Crippen LogP contribution < -0.4 is 14.8 Å². The fourth-order valence-corrected chi connectivity index (χ4v) is 2.17. The highest BCUT2D eigenvalue weighted by Gasteiger charge is 2.11. The van der Waals surface area contributed by atoms with Gasteiger partial charge < -0.3 is 19.7 Å². The third-order valence-electron chi connectivity index (χ3n) is 3.32. The van der Waals surface area contributed by atoms with Crippen molar-refractivity contribution in [2.45, 2.75) is 13.5 Å².